The Kier molecular flexibility index (Phi) is 5.18. The van der Waals surface area contributed by atoms with E-state index >= 15 is 0 Å². The van der Waals surface area contributed by atoms with E-state index in [1.807, 2.05) is 28.2 Å². The molecule has 1 aromatic carbocycles. The third-order valence-electron chi connectivity index (χ3n) is 4.02. The number of hydrogen-bond donors (Lipinski definition) is 0. The molecule has 1 fully saturated rings. The Balaban J connectivity index is 2.13. The van der Waals surface area contributed by atoms with E-state index in [-0.39, 0.29) is 5.92 Å². The topological polar surface area (TPSA) is 23.6 Å². The third-order valence-corrected chi connectivity index (χ3v) is 4.02. The summed E-state index contributed by atoms with van der Waals surface area (Å²) in [5, 5.41) is 0. The van der Waals surface area contributed by atoms with Crippen LogP contribution in [0.15, 0.2) is 29.8 Å². The minimum Gasteiger partial charge on any atom is -0.378 e. The Labute approximate surface area is 128 Å². The fourth-order valence-electron chi connectivity index (χ4n) is 2.88. The number of nitrogens with zero attached hydrogens (tertiary/aromatic N) is 2. The summed E-state index contributed by atoms with van der Waals surface area (Å²) in [5.41, 5.74) is 3.29. The largest absolute Gasteiger partial charge is 0.378 e. The molecule has 0 aromatic heterocycles. The maximum atomic E-state index is 12.5. The van der Waals surface area contributed by atoms with E-state index in [0.717, 1.165) is 36.9 Å². The number of carbonyl (C=O) groups is 1. The molecular weight excluding hydrogens is 260 g/mol. The maximum Gasteiger partial charge on any atom is 0.163 e. The number of carbonyl (C=O) groups excluding carboxylic acids is 1. The van der Waals surface area contributed by atoms with Crippen LogP contribution in [-0.2, 0) is 4.79 Å². The van der Waals surface area contributed by atoms with Crippen LogP contribution < -0.4 is 4.90 Å². The number of allylic oxidation sites excluding steroid dienone is 1. The molecule has 0 radical (unpaired) electrons. The highest BCUT2D eigenvalue weighted by atomic mass is 16.1. The molecule has 1 aliphatic carbocycles. The molecule has 0 heterocycles. The standard InChI is InChI=1S/C18H26N2O/c1-19(2)13-16-7-5-6-15(18(16)21)12-14-8-10-17(11-9-14)20(3)4/h8-12,16H,5-7,13H2,1-4H3/b15-12+/t16-/m1/s1. The van der Waals surface area contributed by atoms with Gasteiger partial charge in [-0.3, -0.25) is 4.79 Å². The molecule has 1 aromatic rings. The first-order valence-corrected chi connectivity index (χ1v) is 7.64. The van der Waals surface area contributed by atoms with Crippen LogP contribution in [0.1, 0.15) is 24.8 Å². The molecule has 114 valence electrons. The van der Waals surface area contributed by atoms with Gasteiger partial charge in [0, 0.05) is 32.2 Å². The lowest BCUT2D eigenvalue weighted by molar-refractivity contribution is -0.120. The van der Waals surface area contributed by atoms with Gasteiger partial charge < -0.3 is 9.80 Å². The molecule has 0 aliphatic heterocycles. The Hall–Kier alpha value is -1.61. The zero-order valence-electron chi connectivity index (χ0n) is 13.6. The average molecular weight is 286 g/mol. The minimum absolute atomic E-state index is 0.168. The van der Waals surface area contributed by atoms with Crippen LogP contribution in [-0.4, -0.2) is 45.4 Å². The summed E-state index contributed by atoms with van der Waals surface area (Å²) in [7, 11) is 8.13. The number of rotatable bonds is 4. The van der Waals surface area contributed by atoms with Gasteiger partial charge in [0.2, 0.25) is 0 Å². The van der Waals surface area contributed by atoms with Crippen LogP contribution in [0, 0.1) is 5.92 Å². The number of Topliss-reactive ketones (excluding diaryl/α,β-unsaturated/α-hetero) is 1. The predicted molar refractivity (Wildman–Crippen MR) is 89.6 cm³/mol. The smallest absolute Gasteiger partial charge is 0.163 e. The van der Waals surface area contributed by atoms with Crippen molar-refractivity contribution in [2.75, 3.05) is 39.6 Å². The Morgan fingerprint density at radius 2 is 1.81 bits per heavy atom. The van der Waals surface area contributed by atoms with E-state index in [2.05, 4.69) is 40.1 Å². The molecule has 3 heteroatoms. The van der Waals surface area contributed by atoms with Crippen LogP contribution in [0.25, 0.3) is 6.08 Å². The molecule has 0 bridgehead atoms. The van der Waals surface area contributed by atoms with Crippen molar-refractivity contribution >= 4 is 17.5 Å². The number of anilines is 1. The quantitative estimate of drug-likeness (QED) is 0.795. The van der Waals surface area contributed by atoms with Crippen molar-refractivity contribution in [2.24, 2.45) is 5.92 Å². The fourth-order valence-corrected chi connectivity index (χ4v) is 2.88. The minimum atomic E-state index is 0.168. The first-order chi connectivity index (χ1) is 9.97. The number of ketones is 1. The highest BCUT2D eigenvalue weighted by Gasteiger charge is 2.26. The average Bonchev–Trinajstić information content (AvgIpc) is 2.43. The zero-order valence-corrected chi connectivity index (χ0v) is 13.6. The molecule has 3 nitrogen and oxygen atoms in total. The summed E-state index contributed by atoms with van der Waals surface area (Å²) in [4.78, 5) is 16.7. The van der Waals surface area contributed by atoms with Crippen molar-refractivity contribution in [1.82, 2.24) is 4.90 Å². The van der Waals surface area contributed by atoms with Gasteiger partial charge in [0.1, 0.15) is 0 Å². The second-order valence-corrected chi connectivity index (χ2v) is 6.37. The van der Waals surface area contributed by atoms with Gasteiger partial charge in [-0.15, -0.1) is 0 Å². The van der Waals surface area contributed by atoms with Crippen LogP contribution in [0.5, 0.6) is 0 Å². The Morgan fingerprint density at radius 3 is 2.38 bits per heavy atom. The monoisotopic (exact) mass is 286 g/mol. The molecule has 0 N–H and O–H groups in total. The second kappa shape index (κ2) is 6.90. The van der Waals surface area contributed by atoms with Crippen molar-refractivity contribution in [3.05, 3.63) is 35.4 Å². The molecule has 1 atom stereocenters. The van der Waals surface area contributed by atoms with Crippen molar-refractivity contribution < 1.29 is 4.79 Å². The van der Waals surface area contributed by atoms with Gasteiger partial charge in [-0.2, -0.15) is 0 Å². The summed E-state index contributed by atoms with van der Waals surface area (Å²) >= 11 is 0. The molecule has 0 unspecified atom stereocenters. The summed E-state index contributed by atoms with van der Waals surface area (Å²) in [6.07, 6.45) is 5.13. The third kappa shape index (κ3) is 4.18. The van der Waals surface area contributed by atoms with Crippen molar-refractivity contribution in [2.45, 2.75) is 19.3 Å². The van der Waals surface area contributed by atoms with Gasteiger partial charge in [-0.25, -0.2) is 0 Å². The normalized spacial score (nSPS) is 21.1. The first-order valence-electron chi connectivity index (χ1n) is 7.64. The van der Waals surface area contributed by atoms with Crippen LogP contribution >= 0.6 is 0 Å². The number of hydrogen-bond acceptors (Lipinski definition) is 3. The molecule has 1 saturated carbocycles. The molecular formula is C18H26N2O. The Morgan fingerprint density at radius 1 is 1.14 bits per heavy atom. The summed E-state index contributed by atoms with van der Waals surface area (Å²) in [6, 6.07) is 8.37. The highest BCUT2D eigenvalue weighted by Crippen LogP contribution is 2.27. The van der Waals surface area contributed by atoms with E-state index in [9.17, 15) is 4.79 Å². The molecule has 0 saturated heterocycles. The highest BCUT2D eigenvalue weighted by molar-refractivity contribution is 6.01. The summed E-state index contributed by atoms with van der Waals surface area (Å²) in [6.45, 7) is 0.857. The fraction of sp³-hybridized carbons (Fsp3) is 0.500. The number of benzene rings is 1. The lowest BCUT2D eigenvalue weighted by Gasteiger charge is -2.25. The molecule has 1 aliphatic rings. The first kappa shape index (κ1) is 15.8. The van der Waals surface area contributed by atoms with Gasteiger partial charge >= 0.3 is 0 Å². The van der Waals surface area contributed by atoms with E-state index in [1.165, 1.54) is 5.69 Å². The van der Waals surface area contributed by atoms with Gasteiger partial charge in [0.05, 0.1) is 0 Å². The molecule has 0 spiro atoms. The van der Waals surface area contributed by atoms with Crippen LogP contribution in [0.4, 0.5) is 5.69 Å². The van der Waals surface area contributed by atoms with Crippen molar-refractivity contribution in [3.8, 4) is 0 Å². The van der Waals surface area contributed by atoms with Gasteiger partial charge in [-0.05, 0) is 62.7 Å². The summed E-state index contributed by atoms with van der Waals surface area (Å²) < 4.78 is 0. The van der Waals surface area contributed by atoms with Crippen molar-refractivity contribution in [1.29, 1.82) is 0 Å². The van der Waals surface area contributed by atoms with E-state index < -0.39 is 0 Å². The van der Waals surface area contributed by atoms with Crippen LogP contribution in [0.3, 0.4) is 0 Å². The zero-order chi connectivity index (χ0) is 15.4. The summed E-state index contributed by atoms with van der Waals surface area (Å²) in [5.74, 6) is 0.507. The maximum absolute atomic E-state index is 12.5. The van der Waals surface area contributed by atoms with Gasteiger partial charge in [0.25, 0.3) is 0 Å². The molecule has 21 heavy (non-hydrogen) atoms. The lowest BCUT2D eigenvalue weighted by Crippen LogP contribution is -2.31. The van der Waals surface area contributed by atoms with Gasteiger partial charge in [0.15, 0.2) is 5.78 Å². The second-order valence-electron chi connectivity index (χ2n) is 6.37. The Bertz CT molecular complexity index is 515. The SMILES string of the molecule is CN(C)C[C@H]1CCC/C(=C\c2ccc(N(C)C)cc2)C1=O. The van der Waals surface area contributed by atoms with E-state index in [1.54, 1.807) is 0 Å². The lowest BCUT2D eigenvalue weighted by atomic mass is 9.83. The molecule has 2 rings (SSSR count). The van der Waals surface area contributed by atoms with E-state index in [0.29, 0.717) is 5.78 Å². The predicted octanol–water partition coefficient (Wildman–Crippen LogP) is 3.07. The van der Waals surface area contributed by atoms with Gasteiger partial charge in [-0.1, -0.05) is 12.1 Å². The van der Waals surface area contributed by atoms with E-state index in [4.69, 9.17) is 0 Å². The van der Waals surface area contributed by atoms with Crippen molar-refractivity contribution in [3.63, 3.8) is 0 Å². The van der Waals surface area contributed by atoms with Crippen LogP contribution in [0.2, 0.25) is 0 Å². The molecule has 0 amide bonds.